The van der Waals surface area contributed by atoms with Crippen molar-refractivity contribution in [3.05, 3.63) is 76.8 Å². The average molecular weight is 329 g/mol. The second-order valence-corrected chi connectivity index (χ2v) is 5.34. The van der Waals surface area contributed by atoms with Crippen LogP contribution in [0.2, 0.25) is 5.02 Å². The zero-order valence-corrected chi connectivity index (χ0v) is 13.2. The fourth-order valence-corrected chi connectivity index (χ4v) is 2.01. The smallest absolute Gasteiger partial charge is 0.262 e. The van der Waals surface area contributed by atoms with E-state index in [1.807, 2.05) is 30.3 Å². The van der Waals surface area contributed by atoms with Crippen molar-refractivity contribution >= 4 is 29.5 Å². The molecule has 0 spiro atoms. The summed E-state index contributed by atoms with van der Waals surface area (Å²) in [4.78, 5) is 23.3. The first-order chi connectivity index (χ1) is 11.1. The Hall–Kier alpha value is -2.59. The molecule has 2 amide bonds. The van der Waals surface area contributed by atoms with E-state index in [4.69, 9.17) is 11.6 Å². The van der Waals surface area contributed by atoms with Crippen LogP contribution in [0.1, 0.15) is 17.5 Å². The SMILES string of the molecule is O=C(/C=C/c1ccc(Cl)cc1)NNC(=O)CCc1ccccc1. The number of carbonyl (C=O) groups is 2. The van der Waals surface area contributed by atoms with Crippen LogP contribution in [0.15, 0.2) is 60.7 Å². The van der Waals surface area contributed by atoms with Crippen molar-refractivity contribution < 1.29 is 9.59 Å². The van der Waals surface area contributed by atoms with Crippen molar-refractivity contribution in [2.75, 3.05) is 0 Å². The Morgan fingerprint density at radius 1 is 0.957 bits per heavy atom. The molecule has 0 saturated heterocycles. The van der Waals surface area contributed by atoms with Crippen molar-refractivity contribution in [1.29, 1.82) is 0 Å². The standard InChI is InChI=1S/C18H17ClN2O2/c19-16-10-6-15(7-11-16)9-13-18(23)21-20-17(22)12-8-14-4-2-1-3-5-14/h1-7,9-11,13H,8,12H2,(H,20,22)(H,21,23)/b13-9+. The van der Waals surface area contributed by atoms with Gasteiger partial charge in [-0.15, -0.1) is 0 Å². The van der Waals surface area contributed by atoms with E-state index in [0.29, 0.717) is 17.9 Å². The van der Waals surface area contributed by atoms with Gasteiger partial charge < -0.3 is 0 Å². The lowest BCUT2D eigenvalue weighted by molar-refractivity contribution is -0.126. The van der Waals surface area contributed by atoms with E-state index in [-0.39, 0.29) is 5.91 Å². The minimum Gasteiger partial charge on any atom is -0.273 e. The van der Waals surface area contributed by atoms with E-state index in [9.17, 15) is 9.59 Å². The number of aryl methyl sites for hydroxylation is 1. The van der Waals surface area contributed by atoms with Crippen LogP contribution in [0.5, 0.6) is 0 Å². The third-order valence-corrected chi connectivity index (χ3v) is 3.36. The Bertz CT molecular complexity index is 682. The van der Waals surface area contributed by atoms with Crippen molar-refractivity contribution in [2.45, 2.75) is 12.8 Å². The molecule has 0 unspecified atom stereocenters. The second-order valence-electron chi connectivity index (χ2n) is 4.91. The molecule has 2 aromatic carbocycles. The molecule has 0 aromatic heterocycles. The number of halogens is 1. The molecule has 0 aliphatic rings. The first kappa shape index (κ1) is 16.8. The Balaban J connectivity index is 1.71. The summed E-state index contributed by atoms with van der Waals surface area (Å²) in [6.45, 7) is 0. The summed E-state index contributed by atoms with van der Waals surface area (Å²) in [7, 11) is 0. The fourth-order valence-electron chi connectivity index (χ4n) is 1.88. The van der Waals surface area contributed by atoms with Crippen LogP contribution in [0, 0.1) is 0 Å². The summed E-state index contributed by atoms with van der Waals surface area (Å²) in [6.07, 6.45) is 3.93. The maximum atomic E-state index is 11.7. The molecule has 23 heavy (non-hydrogen) atoms. The van der Waals surface area contributed by atoms with E-state index in [1.54, 1.807) is 30.3 Å². The van der Waals surface area contributed by atoms with E-state index in [0.717, 1.165) is 11.1 Å². The molecule has 0 heterocycles. The number of amides is 2. The van der Waals surface area contributed by atoms with Crippen LogP contribution >= 0.6 is 11.6 Å². The van der Waals surface area contributed by atoms with E-state index >= 15 is 0 Å². The van der Waals surface area contributed by atoms with Gasteiger partial charge in [0, 0.05) is 17.5 Å². The van der Waals surface area contributed by atoms with Gasteiger partial charge in [-0.3, -0.25) is 20.4 Å². The van der Waals surface area contributed by atoms with Crippen LogP contribution in [0.4, 0.5) is 0 Å². The lowest BCUT2D eigenvalue weighted by atomic mass is 10.1. The summed E-state index contributed by atoms with van der Waals surface area (Å²) in [5.74, 6) is -0.630. The highest BCUT2D eigenvalue weighted by Gasteiger charge is 2.03. The molecule has 0 radical (unpaired) electrons. The van der Waals surface area contributed by atoms with Crippen LogP contribution in [-0.4, -0.2) is 11.8 Å². The second kappa shape index (κ2) is 8.76. The molecule has 0 aliphatic heterocycles. The molecule has 2 N–H and O–H groups in total. The fraction of sp³-hybridized carbons (Fsp3) is 0.111. The summed E-state index contributed by atoms with van der Waals surface area (Å²) in [5.41, 5.74) is 6.66. The molecular weight excluding hydrogens is 312 g/mol. The van der Waals surface area contributed by atoms with Gasteiger partial charge in [-0.05, 0) is 35.8 Å². The molecule has 118 valence electrons. The molecule has 5 heteroatoms. The first-order valence-corrected chi connectivity index (χ1v) is 7.58. The van der Waals surface area contributed by atoms with Crippen molar-refractivity contribution in [3.8, 4) is 0 Å². The van der Waals surface area contributed by atoms with Gasteiger partial charge in [-0.25, -0.2) is 0 Å². The van der Waals surface area contributed by atoms with Crippen LogP contribution < -0.4 is 10.9 Å². The van der Waals surface area contributed by atoms with E-state index in [1.165, 1.54) is 6.08 Å². The van der Waals surface area contributed by atoms with Crippen LogP contribution in [-0.2, 0) is 16.0 Å². The lowest BCUT2D eigenvalue weighted by Gasteiger charge is -2.05. The molecule has 0 fully saturated rings. The van der Waals surface area contributed by atoms with E-state index in [2.05, 4.69) is 10.9 Å². The summed E-state index contributed by atoms with van der Waals surface area (Å²) >= 11 is 5.78. The maximum Gasteiger partial charge on any atom is 0.262 e. The minimum atomic E-state index is -0.395. The minimum absolute atomic E-state index is 0.234. The van der Waals surface area contributed by atoms with Gasteiger partial charge >= 0.3 is 0 Å². The van der Waals surface area contributed by atoms with Gasteiger partial charge in [0.2, 0.25) is 5.91 Å². The molecule has 0 atom stereocenters. The number of rotatable bonds is 5. The van der Waals surface area contributed by atoms with Gasteiger partial charge in [0.05, 0.1) is 0 Å². The number of benzene rings is 2. The number of hydrogen-bond donors (Lipinski definition) is 2. The van der Waals surface area contributed by atoms with Gasteiger partial charge in [0.1, 0.15) is 0 Å². The monoisotopic (exact) mass is 328 g/mol. The Morgan fingerprint density at radius 3 is 2.35 bits per heavy atom. The van der Waals surface area contributed by atoms with Crippen LogP contribution in [0.3, 0.4) is 0 Å². The first-order valence-electron chi connectivity index (χ1n) is 7.20. The predicted molar refractivity (Wildman–Crippen MR) is 91.5 cm³/mol. The normalized spacial score (nSPS) is 10.5. The average Bonchev–Trinajstić information content (AvgIpc) is 2.58. The van der Waals surface area contributed by atoms with Crippen molar-refractivity contribution in [1.82, 2.24) is 10.9 Å². The number of hydrogen-bond acceptors (Lipinski definition) is 2. The third-order valence-electron chi connectivity index (χ3n) is 3.11. The summed E-state index contributed by atoms with van der Waals surface area (Å²) in [5, 5.41) is 0.636. The highest BCUT2D eigenvalue weighted by Crippen LogP contribution is 2.10. The summed E-state index contributed by atoms with van der Waals surface area (Å²) < 4.78 is 0. The quantitative estimate of drug-likeness (QED) is 0.654. The zero-order chi connectivity index (χ0) is 16.5. The van der Waals surface area contributed by atoms with Gasteiger partial charge in [0.25, 0.3) is 5.91 Å². The molecule has 2 rings (SSSR count). The molecule has 0 bridgehead atoms. The van der Waals surface area contributed by atoms with Crippen molar-refractivity contribution in [2.24, 2.45) is 0 Å². The van der Waals surface area contributed by atoms with Crippen molar-refractivity contribution in [3.63, 3.8) is 0 Å². The number of hydrazine groups is 1. The number of nitrogens with one attached hydrogen (secondary N) is 2. The van der Waals surface area contributed by atoms with E-state index < -0.39 is 5.91 Å². The van der Waals surface area contributed by atoms with Gasteiger partial charge in [-0.2, -0.15) is 0 Å². The molecule has 4 nitrogen and oxygen atoms in total. The number of carbonyl (C=O) groups excluding carboxylic acids is 2. The molecule has 0 saturated carbocycles. The highest BCUT2D eigenvalue weighted by atomic mass is 35.5. The molecule has 2 aromatic rings. The Morgan fingerprint density at radius 2 is 1.65 bits per heavy atom. The van der Waals surface area contributed by atoms with Crippen LogP contribution in [0.25, 0.3) is 6.08 Å². The topological polar surface area (TPSA) is 58.2 Å². The Labute approximate surface area is 140 Å². The highest BCUT2D eigenvalue weighted by molar-refractivity contribution is 6.30. The molecular formula is C18H17ClN2O2. The predicted octanol–water partition coefficient (Wildman–Crippen LogP) is 3.13. The van der Waals surface area contributed by atoms with Gasteiger partial charge in [0.15, 0.2) is 0 Å². The zero-order valence-electron chi connectivity index (χ0n) is 12.5. The summed E-state index contributed by atoms with van der Waals surface area (Å²) in [6, 6.07) is 16.8. The molecule has 0 aliphatic carbocycles. The Kier molecular flexibility index (Phi) is 6.39. The van der Waals surface area contributed by atoms with Gasteiger partial charge in [-0.1, -0.05) is 54.1 Å². The maximum absolute atomic E-state index is 11.7. The third kappa shape index (κ3) is 6.36. The lowest BCUT2D eigenvalue weighted by Crippen LogP contribution is -2.40. The largest absolute Gasteiger partial charge is 0.273 e.